The van der Waals surface area contributed by atoms with Crippen molar-refractivity contribution in [3.05, 3.63) is 29.8 Å². The summed E-state index contributed by atoms with van der Waals surface area (Å²) < 4.78 is 52.6. The monoisotopic (exact) mass is 339 g/mol. The van der Waals surface area contributed by atoms with Crippen LogP contribution in [0.5, 0.6) is 0 Å². The molecule has 1 aromatic rings. The Hall–Kier alpha value is -0.530. The maximum Gasteiger partial charge on any atom is 0.243 e. The second-order valence-electron chi connectivity index (χ2n) is 4.25. The summed E-state index contributed by atoms with van der Waals surface area (Å²) in [6, 6.07) is 2.18. The van der Waals surface area contributed by atoms with Crippen LogP contribution in [0, 0.1) is 11.6 Å². The summed E-state index contributed by atoms with van der Waals surface area (Å²) in [5.41, 5.74) is 0. The Kier molecular flexibility index (Phi) is 4.03. The van der Waals surface area contributed by atoms with Crippen LogP contribution >= 0.6 is 15.9 Å². The van der Waals surface area contributed by atoms with Gasteiger partial charge < -0.3 is 0 Å². The summed E-state index contributed by atoms with van der Waals surface area (Å²) in [5.74, 6) is -1.88. The van der Waals surface area contributed by atoms with Gasteiger partial charge in [0.1, 0.15) is 16.5 Å². The molecule has 0 bridgehead atoms. The zero-order valence-electron chi connectivity index (χ0n) is 9.37. The molecule has 2 rings (SSSR count). The highest BCUT2D eigenvalue weighted by molar-refractivity contribution is 9.09. The van der Waals surface area contributed by atoms with Crippen molar-refractivity contribution in [2.24, 2.45) is 0 Å². The van der Waals surface area contributed by atoms with E-state index in [-0.39, 0.29) is 10.9 Å². The molecule has 2 atom stereocenters. The molecular weight excluding hydrogens is 328 g/mol. The van der Waals surface area contributed by atoms with Crippen molar-refractivity contribution in [2.45, 2.75) is 35.0 Å². The smallest absolute Gasteiger partial charge is 0.207 e. The van der Waals surface area contributed by atoms with Crippen molar-refractivity contribution in [2.75, 3.05) is 0 Å². The molecule has 0 aliphatic heterocycles. The lowest BCUT2D eigenvalue weighted by Crippen LogP contribution is -2.38. The van der Waals surface area contributed by atoms with Crippen molar-refractivity contribution in [1.29, 1.82) is 0 Å². The predicted octanol–water partition coefficient (Wildman–Crippen LogP) is 2.56. The minimum atomic E-state index is -3.95. The molecule has 0 saturated heterocycles. The number of rotatable bonds is 3. The molecule has 100 valence electrons. The highest BCUT2D eigenvalue weighted by Crippen LogP contribution is 2.27. The van der Waals surface area contributed by atoms with Crippen molar-refractivity contribution < 1.29 is 17.2 Å². The van der Waals surface area contributed by atoms with E-state index in [1.165, 1.54) is 0 Å². The Bertz CT molecular complexity index is 550. The van der Waals surface area contributed by atoms with Crippen molar-refractivity contribution in [1.82, 2.24) is 4.72 Å². The second kappa shape index (κ2) is 5.22. The Morgan fingerprint density at radius 1 is 1.28 bits per heavy atom. The minimum Gasteiger partial charge on any atom is -0.207 e. The van der Waals surface area contributed by atoms with Gasteiger partial charge in [-0.1, -0.05) is 22.4 Å². The summed E-state index contributed by atoms with van der Waals surface area (Å²) in [6.45, 7) is 0. The van der Waals surface area contributed by atoms with E-state index in [0.717, 1.165) is 25.0 Å². The van der Waals surface area contributed by atoms with Crippen LogP contribution < -0.4 is 4.72 Å². The van der Waals surface area contributed by atoms with Gasteiger partial charge in [0.15, 0.2) is 0 Å². The van der Waals surface area contributed by atoms with Gasteiger partial charge in [-0.3, -0.25) is 0 Å². The fourth-order valence-corrected chi connectivity index (χ4v) is 4.27. The molecule has 18 heavy (non-hydrogen) atoms. The lowest BCUT2D eigenvalue weighted by atomic mass is 10.3. The molecule has 0 aromatic heterocycles. The van der Waals surface area contributed by atoms with Crippen LogP contribution in [-0.4, -0.2) is 19.3 Å². The van der Waals surface area contributed by atoms with Crippen LogP contribution in [0.1, 0.15) is 19.3 Å². The molecule has 1 aliphatic carbocycles. The fraction of sp³-hybridized carbons (Fsp3) is 0.455. The molecule has 2 unspecified atom stereocenters. The maximum atomic E-state index is 13.4. The molecule has 0 spiro atoms. The number of halogens is 3. The van der Waals surface area contributed by atoms with Gasteiger partial charge in [0.05, 0.1) is 0 Å². The Morgan fingerprint density at radius 2 is 2.00 bits per heavy atom. The number of hydrogen-bond acceptors (Lipinski definition) is 2. The number of sulfonamides is 1. The summed E-state index contributed by atoms with van der Waals surface area (Å²) in [6.07, 6.45) is 2.49. The molecule has 1 aromatic carbocycles. The van der Waals surface area contributed by atoms with Crippen LogP contribution in [0.25, 0.3) is 0 Å². The van der Waals surface area contributed by atoms with Gasteiger partial charge in [-0.15, -0.1) is 0 Å². The van der Waals surface area contributed by atoms with E-state index in [9.17, 15) is 17.2 Å². The minimum absolute atomic E-state index is 0.0517. The summed E-state index contributed by atoms with van der Waals surface area (Å²) in [7, 11) is -3.95. The van der Waals surface area contributed by atoms with E-state index in [2.05, 4.69) is 20.7 Å². The fourth-order valence-electron chi connectivity index (χ4n) is 2.00. The average molecular weight is 340 g/mol. The van der Waals surface area contributed by atoms with Gasteiger partial charge >= 0.3 is 0 Å². The van der Waals surface area contributed by atoms with Crippen LogP contribution in [0.15, 0.2) is 23.1 Å². The third kappa shape index (κ3) is 2.89. The standard InChI is InChI=1S/C11H12BrF2NO2S/c12-8-2-1-3-10(8)15-18(16,17)11-5-4-7(13)6-9(11)14/h4-6,8,10,15H,1-3H2. The van der Waals surface area contributed by atoms with Gasteiger partial charge in [-0.25, -0.2) is 21.9 Å². The number of benzene rings is 1. The lowest BCUT2D eigenvalue weighted by Gasteiger charge is -2.16. The van der Waals surface area contributed by atoms with Crippen molar-refractivity contribution >= 4 is 26.0 Å². The summed E-state index contributed by atoms with van der Waals surface area (Å²) in [4.78, 5) is -0.466. The Labute approximate surface area is 113 Å². The summed E-state index contributed by atoms with van der Waals surface area (Å²) in [5, 5.41) is 0. The van der Waals surface area contributed by atoms with E-state index in [1.54, 1.807) is 0 Å². The first-order valence-electron chi connectivity index (χ1n) is 5.51. The van der Waals surface area contributed by atoms with E-state index in [1.807, 2.05) is 0 Å². The van der Waals surface area contributed by atoms with Crippen LogP contribution in [0.4, 0.5) is 8.78 Å². The molecule has 0 amide bonds. The van der Waals surface area contributed by atoms with Crippen LogP contribution in [-0.2, 0) is 10.0 Å². The molecule has 1 fully saturated rings. The third-order valence-corrected chi connectivity index (χ3v) is 5.54. The predicted molar refractivity (Wildman–Crippen MR) is 67.0 cm³/mol. The molecule has 3 nitrogen and oxygen atoms in total. The van der Waals surface area contributed by atoms with Crippen LogP contribution in [0.3, 0.4) is 0 Å². The molecule has 7 heteroatoms. The first-order chi connectivity index (χ1) is 8.40. The number of hydrogen-bond donors (Lipinski definition) is 1. The number of alkyl halides is 1. The normalized spacial score (nSPS) is 24.4. The van der Waals surface area contributed by atoms with E-state index < -0.39 is 26.6 Å². The van der Waals surface area contributed by atoms with Crippen LogP contribution in [0.2, 0.25) is 0 Å². The topological polar surface area (TPSA) is 46.2 Å². The maximum absolute atomic E-state index is 13.4. The van der Waals surface area contributed by atoms with Gasteiger partial charge in [-0.05, 0) is 25.0 Å². The average Bonchev–Trinajstić information content (AvgIpc) is 2.63. The highest BCUT2D eigenvalue weighted by atomic mass is 79.9. The molecule has 0 radical (unpaired) electrons. The van der Waals surface area contributed by atoms with Gasteiger partial charge in [0.2, 0.25) is 10.0 Å². The van der Waals surface area contributed by atoms with Crippen molar-refractivity contribution in [3.8, 4) is 0 Å². The zero-order chi connectivity index (χ0) is 13.3. The molecule has 0 heterocycles. The molecule has 1 saturated carbocycles. The lowest BCUT2D eigenvalue weighted by molar-refractivity contribution is 0.531. The Balaban J connectivity index is 2.25. The molecule has 1 N–H and O–H groups in total. The molecule has 1 aliphatic rings. The van der Waals surface area contributed by atoms with Gasteiger partial charge in [-0.2, -0.15) is 0 Å². The quantitative estimate of drug-likeness (QED) is 0.860. The third-order valence-electron chi connectivity index (χ3n) is 2.92. The highest BCUT2D eigenvalue weighted by Gasteiger charge is 2.30. The van der Waals surface area contributed by atoms with E-state index in [4.69, 9.17) is 0 Å². The van der Waals surface area contributed by atoms with Crippen molar-refractivity contribution in [3.63, 3.8) is 0 Å². The first-order valence-corrected chi connectivity index (χ1v) is 7.91. The van der Waals surface area contributed by atoms with E-state index >= 15 is 0 Å². The molecular formula is C11H12BrF2NO2S. The van der Waals surface area contributed by atoms with Gasteiger partial charge in [0.25, 0.3) is 0 Å². The van der Waals surface area contributed by atoms with Gasteiger partial charge in [0, 0.05) is 16.9 Å². The summed E-state index contributed by atoms with van der Waals surface area (Å²) >= 11 is 3.38. The largest absolute Gasteiger partial charge is 0.243 e. The SMILES string of the molecule is O=S(=O)(NC1CCCC1Br)c1ccc(F)cc1F. The second-order valence-corrected chi connectivity index (χ2v) is 7.11. The Morgan fingerprint density at radius 3 is 2.56 bits per heavy atom. The first kappa shape index (κ1) is 13.9. The number of nitrogens with one attached hydrogen (secondary N) is 1. The van der Waals surface area contributed by atoms with E-state index in [0.29, 0.717) is 12.5 Å². The zero-order valence-corrected chi connectivity index (χ0v) is 11.8.